The van der Waals surface area contributed by atoms with Gasteiger partial charge in [-0.2, -0.15) is 0 Å². The summed E-state index contributed by atoms with van der Waals surface area (Å²) in [6.07, 6.45) is 0.304. The molecule has 0 bridgehead atoms. The maximum atomic E-state index is 12.0. The monoisotopic (exact) mass is 574 g/mol. The lowest BCUT2D eigenvalue weighted by molar-refractivity contribution is -0.122. The van der Waals surface area contributed by atoms with Gasteiger partial charge >= 0.3 is 0 Å². The van der Waals surface area contributed by atoms with Crippen LogP contribution in [0.1, 0.15) is 22.3 Å². The maximum Gasteiger partial charge on any atom is 0.251 e. The average Bonchev–Trinajstić information content (AvgIpc) is 2.64. The molecule has 0 unspecified atom stereocenters. The van der Waals surface area contributed by atoms with Crippen LogP contribution in [0.4, 0.5) is 0 Å². The molecule has 0 aliphatic heterocycles. The molecule has 0 aromatic heterocycles. The Hall–Kier alpha value is -0.460. The third-order valence-corrected chi connectivity index (χ3v) is 4.46. The third-order valence-electron chi connectivity index (χ3n) is 3.14. The molecule has 1 rings (SSSR count). The quantitative estimate of drug-likeness (QED) is 0.216. The molecule has 140 valence electrons. The zero-order valence-electron chi connectivity index (χ0n) is 14.1. The van der Waals surface area contributed by atoms with E-state index in [-0.39, 0.29) is 11.8 Å². The smallest absolute Gasteiger partial charge is 0.251 e. The molecule has 6 nitrogen and oxygen atoms in total. The number of hydrogen-bond donors (Lipinski definition) is 2. The summed E-state index contributed by atoms with van der Waals surface area (Å²) in [6, 6.07) is 7.55. The lowest BCUT2D eigenvalue weighted by atomic mass is 10.1. The van der Waals surface area contributed by atoms with Crippen molar-refractivity contribution in [3.8, 4) is 0 Å². The fourth-order valence-corrected chi connectivity index (χ4v) is 2.69. The molecular weight excluding hydrogens is 550 g/mol. The van der Waals surface area contributed by atoms with Crippen molar-refractivity contribution >= 4 is 57.0 Å². The summed E-state index contributed by atoms with van der Waals surface area (Å²) in [6.45, 7) is 2.87. The fourth-order valence-electron chi connectivity index (χ4n) is 1.91. The van der Waals surface area contributed by atoms with Crippen molar-refractivity contribution in [3.05, 3.63) is 35.4 Å². The summed E-state index contributed by atoms with van der Waals surface area (Å²) in [5.74, 6) is -0.169. The number of amides is 2. The molecule has 0 aliphatic rings. The summed E-state index contributed by atoms with van der Waals surface area (Å²) in [4.78, 5) is 23.5. The van der Waals surface area contributed by atoms with Crippen molar-refractivity contribution in [2.24, 2.45) is 0 Å². The molecule has 0 fully saturated rings. The zero-order chi connectivity index (χ0) is 18.3. The number of rotatable bonds is 13. The van der Waals surface area contributed by atoms with Crippen LogP contribution in [0.2, 0.25) is 0 Å². The van der Waals surface area contributed by atoms with Crippen LogP contribution in [-0.4, -0.2) is 55.8 Å². The van der Waals surface area contributed by atoms with E-state index in [0.717, 1.165) is 14.4 Å². The Kier molecular flexibility index (Phi) is 13.3. The van der Waals surface area contributed by atoms with Gasteiger partial charge in [0.05, 0.1) is 26.4 Å². The first-order valence-electron chi connectivity index (χ1n) is 8.08. The molecule has 2 N–H and O–H groups in total. The van der Waals surface area contributed by atoms with Gasteiger partial charge in [0, 0.05) is 33.9 Å². The van der Waals surface area contributed by atoms with E-state index < -0.39 is 0 Å². The first kappa shape index (κ1) is 22.6. The highest BCUT2D eigenvalue weighted by atomic mass is 127. The Morgan fingerprint density at radius 3 is 2.40 bits per heavy atom. The van der Waals surface area contributed by atoms with Crippen molar-refractivity contribution in [2.45, 2.75) is 10.8 Å². The molecule has 25 heavy (non-hydrogen) atoms. The third kappa shape index (κ3) is 11.0. The van der Waals surface area contributed by atoms with Gasteiger partial charge in [0.1, 0.15) is 0 Å². The van der Waals surface area contributed by atoms with Gasteiger partial charge in [-0.15, -0.1) is 0 Å². The second kappa shape index (κ2) is 14.7. The van der Waals surface area contributed by atoms with Gasteiger partial charge in [-0.3, -0.25) is 9.59 Å². The lowest BCUT2D eigenvalue weighted by Crippen LogP contribution is -2.29. The van der Waals surface area contributed by atoms with Crippen LogP contribution in [-0.2, 0) is 18.7 Å². The molecule has 0 heterocycles. The van der Waals surface area contributed by atoms with Gasteiger partial charge in [-0.1, -0.05) is 57.3 Å². The predicted octanol–water partition coefficient (Wildman–Crippen LogP) is 2.33. The number of carbonyl (C=O) groups is 2. The van der Waals surface area contributed by atoms with E-state index in [2.05, 4.69) is 55.8 Å². The Morgan fingerprint density at radius 2 is 1.68 bits per heavy atom. The van der Waals surface area contributed by atoms with Crippen molar-refractivity contribution in [3.63, 3.8) is 0 Å². The van der Waals surface area contributed by atoms with E-state index in [1.165, 1.54) is 0 Å². The molecule has 0 saturated carbocycles. The van der Waals surface area contributed by atoms with Crippen LogP contribution < -0.4 is 10.6 Å². The highest BCUT2D eigenvalue weighted by Gasteiger charge is 2.05. The lowest BCUT2D eigenvalue weighted by Gasteiger charge is -2.08. The maximum absolute atomic E-state index is 12.0. The highest BCUT2D eigenvalue weighted by molar-refractivity contribution is 14.1. The van der Waals surface area contributed by atoms with Crippen LogP contribution in [0.25, 0.3) is 0 Å². The summed E-state index contributed by atoms with van der Waals surface area (Å²) in [7, 11) is 0. The summed E-state index contributed by atoms with van der Waals surface area (Å²) >= 11 is 4.50. The van der Waals surface area contributed by atoms with Crippen molar-refractivity contribution in [1.29, 1.82) is 0 Å². The van der Waals surface area contributed by atoms with E-state index >= 15 is 0 Å². The number of nitrogens with one attached hydrogen (secondary N) is 2. The van der Waals surface area contributed by atoms with Gasteiger partial charge in [-0.05, 0) is 17.7 Å². The van der Waals surface area contributed by atoms with E-state index in [4.69, 9.17) is 9.47 Å². The van der Waals surface area contributed by atoms with Crippen molar-refractivity contribution < 1.29 is 19.1 Å². The molecule has 0 atom stereocenters. The van der Waals surface area contributed by atoms with Crippen LogP contribution in [0.5, 0.6) is 0 Å². The van der Waals surface area contributed by atoms with E-state index in [1.54, 1.807) is 6.07 Å². The first-order chi connectivity index (χ1) is 12.2. The van der Waals surface area contributed by atoms with E-state index in [9.17, 15) is 9.59 Å². The largest absolute Gasteiger partial charge is 0.379 e. The van der Waals surface area contributed by atoms with Crippen LogP contribution in [0.3, 0.4) is 0 Å². The van der Waals surface area contributed by atoms with Crippen LogP contribution in [0.15, 0.2) is 24.3 Å². The number of ether oxygens (including phenoxy) is 2. The molecule has 0 radical (unpaired) electrons. The van der Waals surface area contributed by atoms with Crippen molar-refractivity contribution in [2.75, 3.05) is 43.9 Å². The summed E-state index contributed by atoms with van der Waals surface area (Å²) < 4.78 is 12.5. The first-order valence-corrected chi connectivity index (χ1v) is 11.1. The normalized spacial score (nSPS) is 10.5. The van der Waals surface area contributed by atoms with Crippen LogP contribution in [0, 0.1) is 0 Å². The van der Waals surface area contributed by atoms with Crippen molar-refractivity contribution in [1.82, 2.24) is 10.6 Å². The molecule has 0 aliphatic carbocycles. The topological polar surface area (TPSA) is 76.7 Å². The molecule has 1 aromatic carbocycles. The van der Waals surface area contributed by atoms with E-state index in [0.29, 0.717) is 51.5 Å². The minimum Gasteiger partial charge on any atom is -0.379 e. The number of alkyl halides is 2. The average molecular weight is 574 g/mol. The van der Waals surface area contributed by atoms with Gasteiger partial charge in [0.15, 0.2) is 0 Å². The van der Waals surface area contributed by atoms with Gasteiger partial charge in [-0.25, -0.2) is 0 Å². The van der Waals surface area contributed by atoms with Gasteiger partial charge in [0.2, 0.25) is 5.91 Å². The minimum absolute atomic E-state index is 0.0577. The van der Waals surface area contributed by atoms with E-state index in [1.807, 2.05) is 18.2 Å². The molecule has 0 saturated heterocycles. The second-order valence-electron chi connectivity index (χ2n) is 5.10. The summed E-state index contributed by atoms with van der Waals surface area (Å²) in [5.41, 5.74) is 1.77. The zero-order valence-corrected chi connectivity index (χ0v) is 18.4. The number of hydrogen-bond acceptors (Lipinski definition) is 4. The Labute approximate surface area is 176 Å². The minimum atomic E-state index is -0.112. The standard InChI is InChI=1S/C17H24I2N2O4/c18-5-9-25-10-6-20-16(22)4-8-24-11-7-21-17(23)15-3-1-2-14(12-15)13-19/h1-3,12H,4-11,13H2,(H,20,22)(H,21,23). The van der Waals surface area contributed by atoms with Gasteiger partial charge in [0.25, 0.3) is 5.91 Å². The molecule has 8 heteroatoms. The number of carbonyl (C=O) groups excluding carboxylic acids is 2. The molecule has 2 amide bonds. The Bertz CT molecular complexity index is 529. The fraction of sp³-hybridized carbons (Fsp3) is 0.529. The van der Waals surface area contributed by atoms with Crippen LogP contribution >= 0.6 is 45.2 Å². The molecular formula is C17H24I2N2O4. The van der Waals surface area contributed by atoms with Gasteiger partial charge < -0.3 is 20.1 Å². The number of benzene rings is 1. The molecule has 1 aromatic rings. The number of halogens is 2. The second-order valence-corrected chi connectivity index (χ2v) is 6.95. The Morgan fingerprint density at radius 1 is 0.960 bits per heavy atom. The Balaban J connectivity index is 2.04. The summed E-state index contributed by atoms with van der Waals surface area (Å²) in [5, 5.41) is 5.57. The predicted molar refractivity (Wildman–Crippen MR) is 115 cm³/mol. The highest BCUT2D eigenvalue weighted by Crippen LogP contribution is 2.08. The SMILES string of the molecule is O=C(CCOCCNC(=O)c1cccc(CI)c1)NCCOCCI. The molecule has 0 spiro atoms.